The van der Waals surface area contributed by atoms with Gasteiger partial charge < -0.3 is 14.2 Å². The highest BCUT2D eigenvalue weighted by Crippen LogP contribution is 2.20. The van der Waals surface area contributed by atoms with E-state index in [0.29, 0.717) is 4.31 Å². The molecule has 0 spiro atoms. The number of aromatic nitrogens is 2. The molecule has 0 radical (unpaired) electrons. The number of carbonyl (C=O) groups excluding carboxylic acids is 2. The minimum Gasteiger partial charge on any atom is -0.481 e. The predicted molar refractivity (Wildman–Crippen MR) is 102 cm³/mol. The number of anilines is 2. The molecule has 2 aromatic rings. The smallest absolute Gasteiger partial charge is 0.339 e. The molecule has 0 fully saturated rings. The van der Waals surface area contributed by atoms with Crippen LogP contribution in [0.5, 0.6) is 11.8 Å². The molecule has 0 aliphatic carbocycles. The van der Waals surface area contributed by atoms with E-state index in [1.807, 2.05) is 0 Å². The summed E-state index contributed by atoms with van der Waals surface area (Å²) in [5.41, 5.74) is -0.0773. The third-order valence-corrected chi connectivity index (χ3v) is 4.90. The Morgan fingerprint density at radius 2 is 1.62 bits per heavy atom. The lowest BCUT2D eigenvalue weighted by Gasteiger charge is -2.19. The second kappa shape index (κ2) is 9.05. The molecule has 1 heterocycles. The average molecular weight is 425 g/mol. The number of esters is 1. The molecule has 2 N–H and O–H groups in total. The number of methoxy groups -OCH3 is 3. The molecule has 1 aromatic carbocycles. The summed E-state index contributed by atoms with van der Waals surface area (Å²) in [6.07, 6.45) is 0. The normalized spacial score (nSPS) is 10.6. The van der Waals surface area contributed by atoms with E-state index >= 15 is 0 Å². The van der Waals surface area contributed by atoms with Crippen molar-refractivity contribution in [3.8, 4) is 11.8 Å². The minimum absolute atomic E-state index is 0.0201. The number of carbonyl (C=O) groups is 2. The van der Waals surface area contributed by atoms with Gasteiger partial charge in [0.25, 0.3) is 0 Å². The molecule has 0 saturated heterocycles. The second-order valence-corrected chi connectivity index (χ2v) is 7.02. The van der Waals surface area contributed by atoms with Crippen LogP contribution >= 0.6 is 0 Å². The number of para-hydroxylation sites is 1. The Kier molecular flexibility index (Phi) is 6.77. The highest BCUT2D eigenvalue weighted by atomic mass is 32.2. The maximum absolute atomic E-state index is 12.6. The zero-order valence-corrected chi connectivity index (χ0v) is 16.8. The number of amides is 2. The number of hydrogen-bond donors (Lipinski definition) is 2. The van der Waals surface area contributed by atoms with Crippen molar-refractivity contribution in [3.63, 3.8) is 0 Å². The first-order valence-electron chi connectivity index (χ1n) is 7.94. The molecule has 13 heteroatoms. The summed E-state index contributed by atoms with van der Waals surface area (Å²) in [6.45, 7) is 0. The molecule has 0 bridgehead atoms. The summed E-state index contributed by atoms with van der Waals surface area (Å²) in [4.78, 5) is 31.9. The van der Waals surface area contributed by atoms with Crippen molar-refractivity contribution in [2.75, 3.05) is 38.4 Å². The van der Waals surface area contributed by atoms with E-state index in [0.717, 1.165) is 14.2 Å². The van der Waals surface area contributed by atoms with Crippen LogP contribution in [0.15, 0.2) is 30.3 Å². The van der Waals surface area contributed by atoms with Crippen molar-refractivity contribution in [1.29, 1.82) is 0 Å². The lowest BCUT2D eigenvalue weighted by molar-refractivity contribution is 0.0602. The van der Waals surface area contributed by atoms with Gasteiger partial charge in [-0.05, 0) is 12.1 Å². The van der Waals surface area contributed by atoms with Gasteiger partial charge in [0.2, 0.25) is 17.7 Å². The van der Waals surface area contributed by atoms with Crippen LogP contribution in [0, 0.1) is 0 Å². The molecule has 2 rings (SSSR count). The lowest BCUT2D eigenvalue weighted by atomic mass is 10.2. The molecule has 0 aliphatic rings. The van der Waals surface area contributed by atoms with Crippen LogP contribution in [-0.4, -0.2) is 63.1 Å². The van der Waals surface area contributed by atoms with Gasteiger partial charge in [0.1, 0.15) is 0 Å². The Bertz CT molecular complexity index is 990. The quantitative estimate of drug-likeness (QED) is 0.622. The summed E-state index contributed by atoms with van der Waals surface area (Å²) >= 11 is 0. The van der Waals surface area contributed by atoms with Gasteiger partial charge in [-0.1, -0.05) is 12.1 Å². The molecule has 2 amide bonds. The number of ether oxygens (including phenoxy) is 3. The number of nitrogens with one attached hydrogen (secondary N) is 2. The van der Waals surface area contributed by atoms with Crippen molar-refractivity contribution in [1.82, 2.24) is 14.3 Å². The van der Waals surface area contributed by atoms with E-state index in [-0.39, 0.29) is 29.0 Å². The van der Waals surface area contributed by atoms with Crippen LogP contribution in [0.4, 0.5) is 16.4 Å². The molecule has 0 atom stereocenters. The SMILES string of the molecule is COC(=O)c1ccccc1NS(=O)(=O)N(C)C(=O)Nc1nc(OC)cc(OC)n1. The topological polar surface area (TPSA) is 149 Å². The fourth-order valence-corrected chi connectivity index (χ4v) is 2.88. The van der Waals surface area contributed by atoms with Crippen LogP contribution in [-0.2, 0) is 14.9 Å². The molecule has 12 nitrogen and oxygen atoms in total. The summed E-state index contributed by atoms with van der Waals surface area (Å²) < 4.78 is 42.2. The van der Waals surface area contributed by atoms with Crippen LogP contribution < -0.4 is 19.5 Å². The van der Waals surface area contributed by atoms with Gasteiger partial charge in [-0.25, -0.2) is 13.9 Å². The van der Waals surface area contributed by atoms with Gasteiger partial charge in [-0.2, -0.15) is 18.4 Å². The lowest BCUT2D eigenvalue weighted by Crippen LogP contribution is -2.40. The van der Waals surface area contributed by atoms with Crippen LogP contribution in [0.25, 0.3) is 0 Å². The molecule has 29 heavy (non-hydrogen) atoms. The van der Waals surface area contributed by atoms with E-state index in [4.69, 9.17) is 9.47 Å². The van der Waals surface area contributed by atoms with E-state index in [1.54, 1.807) is 0 Å². The van der Waals surface area contributed by atoms with Gasteiger partial charge in [0.05, 0.1) is 38.6 Å². The van der Waals surface area contributed by atoms with Gasteiger partial charge in [-0.3, -0.25) is 10.0 Å². The van der Waals surface area contributed by atoms with Crippen molar-refractivity contribution in [3.05, 3.63) is 35.9 Å². The van der Waals surface area contributed by atoms with Crippen LogP contribution in [0.3, 0.4) is 0 Å². The monoisotopic (exact) mass is 425 g/mol. The molecule has 0 saturated carbocycles. The summed E-state index contributed by atoms with van der Waals surface area (Å²) in [5.74, 6) is -0.777. The number of benzene rings is 1. The Labute approximate surface area is 167 Å². The first-order valence-corrected chi connectivity index (χ1v) is 9.38. The standard InChI is InChI=1S/C16H19N5O7S/c1-21(16(23)19-15-17-12(26-2)9-13(18-15)27-3)29(24,25)20-11-8-6-5-7-10(11)14(22)28-4/h5-9,20H,1-4H3,(H,17,18,19,23). The summed E-state index contributed by atoms with van der Waals surface area (Å²) in [6, 6.07) is 6.09. The number of hydrogen-bond acceptors (Lipinski definition) is 9. The number of nitrogens with zero attached hydrogens (tertiary/aromatic N) is 3. The number of rotatable bonds is 7. The van der Waals surface area contributed by atoms with Crippen molar-refractivity contribution in [2.24, 2.45) is 0 Å². The molecule has 156 valence electrons. The Morgan fingerprint density at radius 3 is 2.17 bits per heavy atom. The van der Waals surface area contributed by atoms with Gasteiger partial charge in [0.15, 0.2) is 0 Å². The maximum atomic E-state index is 12.6. The average Bonchev–Trinajstić information content (AvgIpc) is 2.72. The van der Waals surface area contributed by atoms with Crippen LogP contribution in [0.1, 0.15) is 10.4 Å². The zero-order valence-electron chi connectivity index (χ0n) is 16.0. The van der Waals surface area contributed by atoms with E-state index < -0.39 is 22.2 Å². The second-order valence-electron chi connectivity index (χ2n) is 5.32. The van der Waals surface area contributed by atoms with Gasteiger partial charge >= 0.3 is 22.2 Å². The summed E-state index contributed by atoms with van der Waals surface area (Å²) in [5, 5.41) is 2.23. The largest absolute Gasteiger partial charge is 0.481 e. The predicted octanol–water partition coefficient (Wildman–Crippen LogP) is 1.10. The molecule has 0 unspecified atom stereocenters. The molecular weight excluding hydrogens is 406 g/mol. The van der Waals surface area contributed by atoms with Crippen molar-refractivity contribution in [2.45, 2.75) is 0 Å². The maximum Gasteiger partial charge on any atom is 0.339 e. The Hall–Kier alpha value is -3.61. The zero-order chi connectivity index (χ0) is 21.6. The highest BCUT2D eigenvalue weighted by molar-refractivity contribution is 7.90. The number of urea groups is 1. The van der Waals surface area contributed by atoms with Crippen molar-refractivity contribution >= 4 is 33.8 Å². The fraction of sp³-hybridized carbons (Fsp3) is 0.250. The van der Waals surface area contributed by atoms with Crippen LogP contribution in [0.2, 0.25) is 0 Å². The molecule has 1 aromatic heterocycles. The fourth-order valence-electron chi connectivity index (χ4n) is 2.02. The van der Waals surface area contributed by atoms with E-state index in [9.17, 15) is 18.0 Å². The van der Waals surface area contributed by atoms with E-state index in [1.165, 1.54) is 44.6 Å². The van der Waals surface area contributed by atoms with Gasteiger partial charge in [0, 0.05) is 7.05 Å². The molecule has 0 aliphatic heterocycles. The van der Waals surface area contributed by atoms with E-state index in [2.05, 4.69) is 24.7 Å². The first kappa shape index (κ1) is 21.7. The minimum atomic E-state index is -4.38. The Balaban J connectivity index is 2.22. The third kappa shape index (κ3) is 5.22. The van der Waals surface area contributed by atoms with Crippen molar-refractivity contribution < 1.29 is 32.2 Å². The Morgan fingerprint density at radius 1 is 1.03 bits per heavy atom. The first-order chi connectivity index (χ1) is 13.7. The molecular formula is C16H19N5O7S. The van der Waals surface area contributed by atoms with Gasteiger partial charge in [-0.15, -0.1) is 0 Å². The highest BCUT2D eigenvalue weighted by Gasteiger charge is 2.26. The third-order valence-electron chi connectivity index (χ3n) is 3.53. The summed E-state index contributed by atoms with van der Waals surface area (Å²) in [7, 11) is 0.497.